The van der Waals surface area contributed by atoms with Crippen LogP contribution in [0.2, 0.25) is 0 Å². The van der Waals surface area contributed by atoms with E-state index < -0.39 is 0 Å². The van der Waals surface area contributed by atoms with Crippen LogP contribution in [0.5, 0.6) is 0 Å². The number of hydrogen-bond donors (Lipinski definition) is 1. The highest BCUT2D eigenvalue weighted by molar-refractivity contribution is 5.36. The van der Waals surface area contributed by atoms with E-state index in [0.717, 1.165) is 36.2 Å². The van der Waals surface area contributed by atoms with Gasteiger partial charge in [-0.1, -0.05) is 26.7 Å². The number of aryl methyl sites for hydroxylation is 1. The van der Waals surface area contributed by atoms with E-state index >= 15 is 0 Å². The highest BCUT2D eigenvalue weighted by atomic mass is 15.0. The number of nitrogens with one attached hydrogen (secondary N) is 1. The molecule has 1 heterocycles. The van der Waals surface area contributed by atoms with Crippen molar-refractivity contribution in [1.82, 2.24) is 9.97 Å². The molecule has 0 unspecified atom stereocenters. The minimum Gasteiger partial charge on any atom is -0.370 e. The van der Waals surface area contributed by atoms with Crippen molar-refractivity contribution < 1.29 is 0 Å². The summed E-state index contributed by atoms with van der Waals surface area (Å²) in [4.78, 5) is 9.43. The Kier molecular flexibility index (Phi) is 5.81. The number of aromatic nitrogens is 2. The van der Waals surface area contributed by atoms with E-state index in [0.29, 0.717) is 5.92 Å². The molecule has 0 aliphatic heterocycles. The maximum Gasteiger partial charge on any atom is 0.134 e. The highest BCUT2D eigenvalue weighted by Gasteiger charge is 2.24. The lowest BCUT2D eigenvalue weighted by Gasteiger charge is -2.27. The van der Waals surface area contributed by atoms with Gasteiger partial charge in [-0.3, -0.25) is 0 Å². The van der Waals surface area contributed by atoms with E-state index in [4.69, 9.17) is 4.98 Å². The molecule has 1 aliphatic carbocycles. The zero-order chi connectivity index (χ0) is 14.4. The van der Waals surface area contributed by atoms with Gasteiger partial charge in [0.1, 0.15) is 11.6 Å². The predicted octanol–water partition coefficient (Wildman–Crippen LogP) is 4.68. The van der Waals surface area contributed by atoms with Crippen LogP contribution in [0.4, 0.5) is 5.82 Å². The number of hydrogen-bond acceptors (Lipinski definition) is 3. The first kappa shape index (κ1) is 15.3. The summed E-state index contributed by atoms with van der Waals surface area (Å²) in [7, 11) is 0. The highest BCUT2D eigenvalue weighted by Crippen LogP contribution is 2.36. The van der Waals surface area contributed by atoms with Crippen LogP contribution in [-0.2, 0) is 0 Å². The second kappa shape index (κ2) is 7.61. The van der Waals surface area contributed by atoms with Gasteiger partial charge in [0.15, 0.2) is 0 Å². The minimum atomic E-state index is 0.574. The van der Waals surface area contributed by atoms with Crippen molar-refractivity contribution >= 4 is 5.82 Å². The van der Waals surface area contributed by atoms with Crippen molar-refractivity contribution in [2.45, 2.75) is 71.6 Å². The number of rotatable bonds is 6. The molecular weight excluding hydrogens is 246 g/mol. The molecule has 0 aromatic carbocycles. The van der Waals surface area contributed by atoms with Crippen LogP contribution in [0, 0.1) is 12.8 Å². The lowest BCUT2D eigenvalue weighted by Crippen LogP contribution is -2.16. The van der Waals surface area contributed by atoms with Crippen LogP contribution in [0.25, 0.3) is 0 Å². The lowest BCUT2D eigenvalue weighted by atomic mass is 9.80. The molecule has 20 heavy (non-hydrogen) atoms. The molecule has 0 saturated heterocycles. The molecule has 1 saturated carbocycles. The molecule has 0 radical (unpaired) electrons. The Morgan fingerprint density at radius 2 is 1.85 bits per heavy atom. The van der Waals surface area contributed by atoms with Crippen molar-refractivity contribution in [2.24, 2.45) is 5.92 Å². The molecular formula is C17H29N3. The summed E-state index contributed by atoms with van der Waals surface area (Å²) in [6.45, 7) is 7.53. The molecule has 1 aromatic heterocycles. The van der Waals surface area contributed by atoms with Crippen LogP contribution in [0.1, 0.15) is 76.2 Å². The van der Waals surface area contributed by atoms with Crippen molar-refractivity contribution in [3.05, 3.63) is 17.6 Å². The normalized spacial score (nSPS) is 22.8. The molecule has 1 aromatic rings. The van der Waals surface area contributed by atoms with Crippen molar-refractivity contribution in [1.29, 1.82) is 0 Å². The molecule has 0 spiro atoms. The van der Waals surface area contributed by atoms with Gasteiger partial charge in [0.05, 0.1) is 0 Å². The molecule has 0 atom stereocenters. The van der Waals surface area contributed by atoms with Crippen LogP contribution >= 0.6 is 0 Å². The molecule has 112 valence electrons. The third kappa shape index (κ3) is 4.19. The van der Waals surface area contributed by atoms with Crippen LogP contribution in [0.3, 0.4) is 0 Å². The van der Waals surface area contributed by atoms with Gasteiger partial charge in [0.25, 0.3) is 0 Å². The number of anilines is 1. The summed E-state index contributed by atoms with van der Waals surface area (Å²) in [5.41, 5.74) is 1.09. The van der Waals surface area contributed by atoms with Gasteiger partial charge in [-0.05, 0) is 44.9 Å². The third-order valence-electron chi connectivity index (χ3n) is 4.34. The standard InChI is InChI=1S/C17H29N3/c1-4-6-14-7-9-15(10-8-14)17-19-13(3)12-16(20-17)18-11-5-2/h12,14-15H,4-11H2,1-3H3,(H,18,19,20). The topological polar surface area (TPSA) is 37.8 Å². The zero-order valence-corrected chi connectivity index (χ0v) is 13.3. The Morgan fingerprint density at radius 1 is 1.10 bits per heavy atom. The average molecular weight is 275 g/mol. The third-order valence-corrected chi connectivity index (χ3v) is 4.34. The molecule has 1 N–H and O–H groups in total. The molecule has 3 heteroatoms. The van der Waals surface area contributed by atoms with Gasteiger partial charge >= 0.3 is 0 Å². The Hall–Kier alpha value is -1.12. The maximum absolute atomic E-state index is 4.74. The van der Waals surface area contributed by atoms with Crippen LogP contribution in [-0.4, -0.2) is 16.5 Å². The fraction of sp³-hybridized carbons (Fsp3) is 0.765. The van der Waals surface area contributed by atoms with Gasteiger partial charge < -0.3 is 5.32 Å². The first-order valence-electron chi connectivity index (χ1n) is 8.32. The van der Waals surface area contributed by atoms with E-state index in [1.165, 1.54) is 38.5 Å². The quantitative estimate of drug-likeness (QED) is 0.819. The Balaban J connectivity index is 2.00. The van der Waals surface area contributed by atoms with E-state index in [1.54, 1.807) is 0 Å². The SMILES string of the molecule is CCCNc1cc(C)nc(C2CCC(CCC)CC2)n1. The van der Waals surface area contributed by atoms with Crippen molar-refractivity contribution in [2.75, 3.05) is 11.9 Å². The average Bonchev–Trinajstić information content (AvgIpc) is 2.46. The van der Waals surface area contributed by atoms with E-state index in [2.05, 4.69) is 37.1 Å². The lowest BCUT2D eigenvalue weighted by molar-refractivity contribution is 0.302. The summed E-state index contributed by atoms with van der Waals surface area (Å²) in [6.07, 6.45) is 9.08. The first-order valence-corrected chi connectivity index (χ1v) is 8.32. The molecule has 1 fully saturated rings. The second-order valence-electron chi connectivity index (χ2n) is 6.19. The van der Waals surface area contributed by atoms with Crippen molar-refractivity contribution in [3.63, 3.8) is 0 Å². The summed E-state index contributed by atoms with van der Waals surface area (Å²) >= 11 is 0. The Morgan fingerprint density at radius 3 is 2.50 bits per heavy atom. The van der Waals surface area contributed by atoms with Gasteiger partial charge in [-0.25, -0.2) is 9.97 Å². The van der Waals surface area contributed by atoms with Gasteiger partial charge in [-0.15, -0.1) is 0 Å². The van der Waals surface area contributed by atoms with E-state index in [9.17, 15) is 0 Å². The van der Waals surface area contributed by atoms with Crippen LogP contribution < -0.4 is 5.32 Å². The van der Waals surface area contributed by atoms with Gasteiger partial charge in [0, 0.05) is 24.2 Å². The summed E-state index contributed by atoms with van der Waals surface area (Å²) in [6, 6.07) is 2.06. The second-order valence-corrected chi connectivity index (χ2v) is 6.19. The maximum atomic E-state index is 4.74. The summed E-state index contributed by atoms with van der Waals surface area (Å²) in [5.74, 6) is 3.59. The Labute approximate surface area is 123 Å². The molecule has 0 bridgehead atoms. The summed E-state index contributed by atoms with van der Waals surface area (Å²) < 4.78 is 0. The Bertz CT molecular complexity index is 409. The predicted molar refractivity (Wildman–Crippen MR) is 85.2 cm³/mol. The summed E-state index contributed by atoms with van der Waals surface area (Å²) in [5, 5.41) is 3.39. The molecule has 0 amide bonds. The fourth-order valence-electron chi connectivity index (χ4n) is 3.24. The van der Waals surface area contributed by atoms with Gasteiger partial charge in [-0.2, -0.15) is 0 Å². The largest absolute Gasteiger partial charge is 0.370 e. The molecule has 1 aliphatic rings. The fourth-order valence-corrected chi connectivity index (χ4v) is 3.24. The van der Waals surface area contributed by atoms with Crippen molar-refractivity contribution in [3.8, 4) is 0 Å². The molecule has 2 rings (SSSR count). The molecule has 3 nitrogen and oxygen atoms in total. The smallest absolute Gasteiger partial charge is 0.134 e. The zero-order valence-electron chi connectivity index (χ0n) is 13.3. The minimum absolute atomic E-state index is 0.574. The number of nitrogens with zero attached hydrogens (tertiary/aromatic N) is 2. The van der Waals surface area contributed by atoms with Crippen LogP contribution in [0.15, 0.2) is 6.07 Å². The van der Waals surface area contributed by atoms with E-state index in [1.807, 2.05) is 0 Å². The first-order chi connectivity index (χ1) is 9.72. The monoisotopic (exact) mass is 275 g/mol. The van der Waals surface area contributed by atoms with E-state index in [-0.39, 0.29) is 0 Å². The van der Waals surface area contributed by atoms with Gasteiger partial charge in [0.2, 0.25) is 0 Å².